The molecule has 10 heteroatoms. The van der Waals surface area contributed by atoms with Crippen LogP contribution in [0.5, 0.6) is 0 Å². The van der Waals surface area contributed by atoms with Gasteiger partial charge in [-0.2, -0.15) is 0 Å². The molecule has 0 aliphatic carbocycles. The Balaban J connectivity index is 3.60. The molecule has 0 fully saturated rings. The van der Waals surface area contributed by atoms with E-state index in [9.17, 15) is 24.2 Å². The summed E-state index contributed by atoms with van der Waals surface area (Å²) in [6, 6.07) is 0. The molecule has 0 spiro atoms. The minimum Gasteiger partial charge on any atom is -0.463 e. The van der Waals surface area contributed by atoms with Gasteiger partial charge in [0, 0.05) is 19.4 Å². The molecular weight excluding hydrogens is 762 g/mol. The summed E-state index contributed by atoms with van der Waals surface area (Å²) < 4.78 is 26.9. The number of phosphoric ester groups is 1. The molecule has 342 valence electrons. The minimum atomic E-state index is -4.42. The molecule has 0 heterocycles. The van der Waals surface area contributed by atoms with Crippen LogP contribution in [0.2, 0.25) is 0 Å². The van der Waals surface area contributed by atoms with E-state index in [-0.39, 0.29) is 32.1 Å². The van der Waals surface area contributed by atoms with E-state index in [1.54, 1.807) is 0 Å². The fourth-order valence-electron chi connectivity index (χ4n) is 6.41. The number of carbonyl (C=O) groups is 2. The van der Waals surface area contributed by atoms with Crippen LogP contribution in [-0.4, -0.2) is 54.3 Å². The number of carbonyl (C=O) groups excluding carboxylic acids is 2. The van der Waals surface area contributed by atoms with Gasteiger partial charge in [0.15, 0.2) is 0 Å². The molecule has 59 heavy (non-hydrogen) atoms. The van der Waals surface area contributed by atoms with Crippen LogP contribution in [0.1, 0.15) is 206 Å². The molecule has 0 aromatic carbocycles. The number of amides is 1. The molecule has 9 nitrogen and oxygen atoms in total. The van der Waals surface area contributed by atoms with Crippen LogP contribution >= 0.6 is 7.82 Å². The van der Waals surface area contributed by atoms with Crippen molar-refractivity contribution >= 4 is 19.7 Å². The second-order valence-corrected chi connectivity index (χ2v) is 17.2. The van der Waals surface area contributed by atoms with Gasteiger partial charge in [-0.15, -0.1) is 0 Å². The molecule has 1 amide bonds. The van der Waals surface area contributed by atoms with Crippen LogP contribution in [0.25, 0.3) is 0 Å². The maximum Gasteiger partial charge on any atom is 0.472 e. The zero-order valence-electron chi connectivity index (χ0n) is 37.7. The summed E-state index contributed by atoms with van der Waals surface area (Å²) in [5.41, 5.74) is 0. The lowest BCUT2D eigenvalue weighted by atomic mass is 10.0. The SMILES string of the molecule is CC/C=C\C/C=C\C/C=C\C/C=C\C/C=C\CCCCCCCCCC(=O)NCCOP(=O)(O)OCC(O)COC(=O)CCCCCCCCCCCCCCCCC. The number of allylic oxidation sites excluding steroid dienone is 10. The van der Waals surface area contributed by atoms with Gasteiger partial charge in [-0.3, -0.25) is 18.6 Å². The third-order valence-electron chi connectivity index (χ3n) is 9.96. The quantitative estimate of drug-likeness (QED) is 0.0239. The molecule has 0 bridgehead atoms. The van der Waals surface area contributed by atoms with Crippen LogP contribution < -0.4 is 5.32 Å². The highest BCUT2D eigenvalue weighted by molar-refractivity contribution is 7.47. The van der Waals surface area contributed by atoms with Gasteiger partial charge in [0.2, 0.25) is 5.91 Å². The van der Waals surface area contributed by atoms with Gasteiger partial charge in [0.05, 0.1) is 13.2 Å². The van der Waals surface area contributed by atoms with Crippen molar-refractivity contribution in [2.75, 3.05) is 26.4 Å². The topological polar surface area (TPSA) is 131 Å². The highest BCUT2D eigenvalue weighted by Gasteiger charge is 2.23. The molecule has 0 radical (unpaired) electrons. The van der Waals surface area contributed by atoms with Crippen molar-refractivity contribution < 1.29 is 37.9 Å². The van der Waals surface area contributed by atoms with Crippen LogP contribution in [0, 0.1) is 0 Å². The largest absolute Gasteiger partial charge is 0.472 e. The lowest BCUT2D eigenvalue weighted by molar-refractivity contribution is -0.147. The summed E-state index contributed by atoms with van der Waals surface area (Å²) in [5, 5.41) is 12.7. The lowest BCUT2D eigenvalue weighted by Crippen LogP contribution is -2.27. The molecule has 3 N–H and O–H groups in total. The average molecular weight is 850 g/mol. The zero-order valence-corrected chi connectivity index (χ0v) is 38.6. The number of nitrogens with one attached hydrogen (secondary N) is 1. The summed E-state index contributed by atoms with van der Waals surface area (Å²) in [6.07, 6.45) is 54.4. The smallest absolute Gasteiger partial charge is 0.463 e. The Bertz CT molecular complexity index is 1150. The standard InChI is InChI=1S/C49H88NO8P/c1-3-5-7-9-11-13-15-17-19-20-21-22-23-24-25-26-28-29-31-33-35-37-39-41-48(52)50-43-44-57-59(54,55)58-46-47(51)45-56-49(53)42-40-38-36-34-32-30-27-18-16-14-12-10-8-6-4-2/h5,7,11,13,17,19,21-22,24-25,47,51H,3-4,6,8-10,12,14-16,18,20,23,26-46H2,1-2H3,(H,50,52)(H,54,55)/b7-5-,13-11-,19-17-,22-21-,25-24-. The Morgan fingerprint density at radius 3 is 1.46 bits per heavy atom. The molecule has 0 saturated heterocycles. The van der Waals surface area contributed by atoms with Gasteiger partial charge in [0.25, 0.3) is 0 Å². The minimum absolute atomic E-state index is 0.0735. The predicted octanol–water partition coefficient (Wildman–Crippen LogP) is 13.7. The summed E-state index contributed by atoms with van der Waals surface area (Å²) >= 11 is 0. The number of ether oxygens (including phenoxy) is 1. The third kappa shape index (κ3) is 46.6. The van der Waals surface area contributed by atoms with Gasteiger partial charge in [-0.1, -0.05) is 197 Å². The van der Waals surface area contributed by atoms with E-state index in [4.69, 9.17) is 13.8 Å². The highest BCUT2D eigenvalue weighted by atomic mass is 31.2. The Morgan fingerprint density at radius 1 is 0.542 bits per heavy atom. The first-order valence-corrected chi connectivity index (χ1v) is 25.3. The van der Waals surface area contributed by atoms with Gasteiger partial charge < -0.3 is 20.1 Å². The fraction of sp³-hybridized carbons (Fsp3) is 0.755. The fourth-order valence-corrected chi connectivity index (χ4v) is 7.16. The van der Waals surface area contributed by atoms with Gasteiger partial charge in [-0.05, 0) is 57.8 Å². The summed E-state index contributed by atoms with van der Waals surface area (Å²) in [5.74, 6) is -0.525. The first-order chi connectivity index (χ1) is 28.8. The first-order valence-electron chi connectivity index (χ1n) is 23.8. The van der Waals surface area contributed by atoms with Crippen LogP contribution in [0.15, 0.2) is 60.8 Å². The molecule has 0 rings (SSSR count). The Labute approximate surface area is 361 Å². The molecule has 0 aliphatic heterocycles. The van der Waals surface area contributed by atoms with E-state index in [2.05, 4.69) is 79.9 Å². The zero-order chi connectivity index (χ0) is 43.2. The first kappa shape index (κ1) is 56.7. The van der Waals surface area contributed by atoms with Crippen molar-refractivity contribution in [3.05, 3.63) is 60.8 Å². The monoisotopic (exact) mass is 850 g/mol. The normalized spacial score (nSPS) is 13.8. The van der Waals surface area contributed by atoms with E-state index in [0.717, 1.165) is 77.0 Å². The van der Waals surface area contributed by atoms with Crippen LogP contribution in [0.3, 0.4) is 0 Å². The Hall–Kier alpha value is -2.29. The Kier molecular flexibility index (Phi) is 43.5. The molecule has 2 atom stereocenters. The molecular formula is C49H88NO8P. The number of rotatable bonds is 44. The van der Waals surface area contributed by atoms with Gasteiger partial charge in [0.1, 0.15) is 12.7 Å². The maximum absolute atomic E-state index is 12.1. The van der Waals surface area contributed by atoms with Crippen LogP contribution in [-0.2, 0) is 27.9 Å². The predicted molar refractivity (Wildman–Crippen MR) is 247 cm³/mol. The summed E-state index contributed by atoms with van der Waals surface area (Å²) in [7, 11) is -4.42. The number of hydrogen-bond acceptors (Lipinski definition) is 7. The molecule has 2 unspecified atom stereocenters. The average Bonchev–Trinajstić information content (AvgIpc) is 3.22. The van der Waals surface area contributed by atoms with Crippen molar-refractivity contribution in [2.24, 2.45) is 0 Å². The molecule has 0 aromatic rings. The van der Waals surface area contributed by atoms with Crippen molar-refractivity contribution in [1.82, 2.24) is 5.32 Å². The lowest BCUT2D eigenvalue weighted by Gasteiger charge is -2.15. The van der Waals surface area contributed by atoms with Gasteiger partial charge >= 0.3 is 13.8 Å². The summed E-state index contributed by atoms with van der Waals surface area (Å²) in [6.45, 7) is 3.44. The van der Waals surface area contributed by atoms with E-state index in [0.29, 0.717) is 6.42 Å². The van der Waals surface area contributed by atoms with Crippen molar-refractivity contribution in [1.29, 1.82) is 0 Å². The van der Waals surface area contributed by atoms with Crippen LogP contribution in [0.4, 0.5) is 0 Å². The molecule has 0 aliphatic rings. The second kappa shape index (κ2) is 45.2. The molecule has 0 saturated carbocycles. The van der Waals surface area contributed by atoms with Crippen molar-refractivity contribution in [2.45, 2.75) is 213 Å². The van der Waals surface area contributed by atoms with E-state index in [1.807, 2.05) is 0 Å². The number of phosphoric acid groups is 1. The van der Waals surface area contributed by atoms with E-state index in [1.165, 1.54) is 103 Å². The highest BCUT2D eigenvalue weighted by Crippen LogP contribution is 2.42. The number of unbranched alkanes of at least 4 members (excludes halogenated alkanes) is 21. The summed E-state index contributed by atoms with van der Waals surface area (Å²) in [4.78, 5) is 34.0. The molecule has 0 aromatic heterocycles. The number of esters is 1. The number of aliphatic hydroxyl groups is 1. The van der Waals surface area contributed by atoms with E-state index >= 15 is 0 Å². The van der Waals surface area contributed by atoms with Crippen molar-refractivity contribution in [3.63, 3.8) is 0 Å². The Morgan fingerprint density at radius 2 is 0.966 bits per heavy atom. The maximum atomic E-state index is 12.1. The number of hydrogen-bond donors (Lipinski definition) is 3. The van der Waals surface area contributed by atoms with Crippen molar-refractivity contribution in [3.8, 4) is 0 Å². The second-order valence-electron chi connectivity index (χ2n) is 15.7. The van der Waals surface area contributed by atoms with E-state index < -0.39 is 26.5 Å². The van der Waals surface area contributed by atoms with Gasteiger partial charge in [-0.25, -0.2) is 4.57 Å². The third-order valence-corrected chi connectivity index (χ3v) is 10.9. The number of aliphatic hydroxyl groups excluding tert-OH is 1.